The van der Waals surface area contributed by atoms with Gasteiger partial charge in [0.15, 0.2) is 0 Å². The van der Waals surface area contributed by atoms with Crippen LogP contribution in [0.1, 0.15) is 15.9 Å². The van der Waals surface area contributed by atoms with E-state index in [1.165, 1.54) is 0 Å². The van der Waals surface area contributed by atoms with Crippen molar-refractivity contribution in [2.75, 3.05) is 11.9 Å². The van der Waals surface area contributed by atoms with Gasteiger partial charge in [-0.25, -0.2) is 0 Å². The van der Waals surface area contributed by atoms with E-state index >= 15 is 0 Å². The summed E-state index contributed by atoms with van der Waals surface area (Å²) in [6, 6.07) is 12.3. The van der Waals surface area contributed by atoms with Gasteiger partial charge in [0.05, 0.1) is 11.3 Å². The Balaban J connectivity index is 2.27. The Morgan fingerprint density at radius 3 is 2.50 bits per heavy atom. The monoisotopic (exact) mass is 318 g/mol. The molecule has 0 spiro atoms. The molecule has 0 aliphatic rings. The zero-order valence-electron chi connectivity index (χ0n) is 11.9. The van der Waals surface area contributed by atoms with Crippen molar-refractivity contribution in [3.8, 4) is 0 Å². The number of nitrogens with one attached hydrogen (secondary N) is 2. The Labute approximate surface area is 132 Å². The maximum absolute atomic E-state index is 12.1. The molecule has 0 unspecified atom stereocenters. The minimum atomic E-state index is -1.09. The molecule has 0 radical (unpaired) electrons. The molecule has 0 heterocycles. The summed E-state index contributed by atoms with van der Waals surface area (Å²) < 4.78 is 0. The second-order valence-electron chi connectivity index (χ2n) is 4.66. The molecule has 2 rings (SSSR count). The van der Waals surface area contributed by atoms with Gasteiger partial charge in [0.25, 0.3) is 5.91 Å². The number of carboxylic acid groups (broad SMARTS) is 1. The molecule has 3 N–H and O–H groups in total. The van der Waals surface area contributed by atoms with E-state index in [0.717, 1.165) is 11.3 Å². The molecule has 5 nitrogen and oxygen atoms in total. The van der Waals surface area contributed by atoms with E-state index in [2.05, 4.69) is 10.6 Å². The van der Waals surface area contributed by atoms with Gasteiger partial charge < -0.3 is 15.7 Å². The third-order valence-corrected chi connectivity index (χ3v) is 3.52. The lowest BCUT2D eigenvalue weighted by Crippen LogP contribution is -2.29. The first-order valence-corrected chi connectivity index (χ1v) is 6.98. The van der Waals surface area contributed by atoms with Crippen LogP contribution in [-0.2, 0) is 4.79 Å². The van der Waals surface area contributed by atoms with Crippen LogP contribution in [0.2, 0.25) is 5.02 Å². The van der Waals surface area contributed by atoms with Crippen molar-refractivity contribution < 1.29 is 14.7 Å². The summed E-state index contributed by atoms with van der Waals surface area (Å²) in [6.45, 7) is 1.45. The van der Waals surface area contributed by atoms with Gasteiger partial charge in [-0.2, -0.15) is 0 Å². The Morgan fingerprint density at radius 1 is 1.09 bits per heavy atom. The molecule has 114 valence electrons. The standard InChI is InChI=1S/C16H15ClN2O3/c1-10-12(17)6-4-8-13(10)19-14-7-3-2-5-11(14)16(22)18-9-15(20)21/h2-8,19H,9H2,1H3,(H,18,22)(H,20,21). The smallest absolute Gasteiger partial charge is 0.322 e. The summed E-state index contributed by atoms with van der Waals surface area (Å²) in [7, 11) is 0. The molecule has 0 aromatic heterocycles. The molecule has 2 aromatic rings. The fourth-order valence-corrected chi connectivity index (χ4v) is 2.10. The number of aliphatic carboxylic acids is 1. The number of para-hydroxylation sites is 1. The Morgan fingerprint density at radius 2 is 1.77 bits per heavy atom. The van der Waals surface area contributed by atoms with Crippen LogP contribution in [0.3, 0.4) is 0 Å². The lowest BCUT2D eigenvalue weighted by Gasteiger charge is -2.14. The maximum atomic E-state index is 12.1. The van der Waals surface area contributed by atoms with Crippen LogP contribution in [0.4, 0.5) is 11.4 Å². The average Bonchev–Trinajstić information content (AvgIpc) is 2.50. The normalized spacial score (nSPS) is 10.1. The molecule has 0 bridgehead atoms. The van der Waals surface area contributed by atoms with E-state index < -0.39 is 18.4 Å². The number of anilines is 2. The van der Waals surface area contributed by atoms with Gasteiger partial charge in [-0.3, -0.25) is 9.59 Å². The molecule has 0 atom stereocenters. The van der Waals surface area contributed by atoms with E-state index in [4.69, 9.17) is 16.7 Å². The first-order chi connectivity index (χ1) is 10.5. The van der Waals surface area contributed by atoms with Gasteiger partial charge in [0, 0.05) is 10.7 Å². The minimum absolute atomic E-state index is 0.364. The highest BCUT2D eigenvalue weighted by molar-refractivity contribution is 6.31. The van der Waals surface area contributed by atoms with E-state index in [9.17, 15) is 9.59 Å². The second-order valence-corrected chi connectivity index (χ2v) is 5.07. The van der Waals surface area contributed by atoms with Crippen LogP contribution >= 0.6 is 11.6 Å². The number of amides is 1. The predicted molar refractivity (Wildman–Crippen MR) is 85.9 cm³/mol. The number of rotatable bonds is 5. The largest absolute Gasteiger partial charge is 0.480 e. The van der Waals surface area contributed by atoms with Crippen LogP contribution in [-0.4, -0.2) is 23.5 Å². The Hall–Kier alpha value is -2.53. The SMILES string of the molecule is Cc1c(Cl)cccc1Nc1ccccc1C(=O)NCC(=O)O. The first kappa shape index (κ1) is 15.9. The van der Waals surface area contributed by atoms with E-state index in [0.29, 0.717) is 16.3 Å². The van der Waals surface area contributed by atoms with Crippen molar-refractivity contribution in [1.82, 2.24) is 5.32 Å². The highest BCUT2D eigenvalue weighted by Crippen LogP contribution is 2.27. The van der Waals surface area contributed by atoms with E-state index in [1.807, 2.05) is 19.1 Å². The van der Waals surface area contributed by atoms with Crippen molar-refractivity contribution in [2.45, 2.75) is 6.92 Å². The average molecular weight is 319 g/mol. The molecule has 22 heavy (non-hydrogen) atoms. The zero-order chi connectivity index (χ0) is 16.1. The van der Waals surface area contributed by atoms with E-state index in [-0.39, 0.29) is 0 Å². The lowest BCUT2D eigenvalue weighted by molar-refractivity contribution is -0.135. The van der Waals surface area contributed by atoms with Crippen LogP contribution in [0, 0.1) is 6.92 Å². The van der Waals surface area contributed by atoms with Gasteiger partial charge in [0.2, 0.25) is 0 Å². The van der Waals surface area contributed by atoms with Gasteiger partial charge in [0.1, 0.15) is 6.54 Å². The number of carbonyl (C=O) groups excluding carboxylic acids is 1. The first-order valence-electron chi connectivity index (χ1n) is 6.60. The van der Waals surface area contributed by atoms with Gasteiger partial charge >= 0.3 is 5.97 Å². The fraction of sp³-hybridized carbons (Fsp3) is 0.125. The van der Waals surface area contributed by atoms with Crippen LogP contribution in [0.15, 0.2) is 42.5 Å². The Bertz CT molecular complexity index is 716. The highest BCUT2D eigenvalue weighted by atomic mass is 35.5. The molecule has 6 heteroatoms. The van der Waals surface area contributed by atoms with Gasteiger partial charge in [-0.1, -0.05) is 29.8 Å². The summed E-state index contributed by atoms with van der Waals surface area (Å²) in [5.41, 5.74) is 2.59. The maximum Gasteiger partial charge on any atom is 0.322 e. The van der Waals surface area contributed by atoms with Gasteiger partial charge in [-0.15, -0.1) is 0 Å². The molecule has 2 aromatic carbocycles. The topological polar surface area (TPSA) is 78.4 Å². The summed E-state index contributed by atoms with van der Waals surface area (Å²) >= 11 is 6.08. The van der Waals surface area contributed by atoms with Crippen molar-refractivity contribution in [3.05, 3.63) is 58.6 Å². The van der Waals surface area contributed by atoms with Crippen molar-refractivity contribution >= 4 is 34.9 Å². The predicted octanol–water partition coefficient (Wildman–Crippen LogP) is 3.21. The van der Waals surface area contributed by atoms with E-state index in [1.54, 1.807) is 30.3 Å². The third kappa shape index (κ3) is 3.77. The minimum Gasteiger partial charge on any atom is -0.480 e. The quantitative estimate of drug-likeness (QED) is 0.791. The zero-order valence-corrected chi connectivity index (χ0v) is 12.6. The number of hydrogen-bond acceptors (Lipinski definition) is 3. The molecular formula is C16H15ClN2O3. The molecular weight excluding hydrogens is 304 g/mol. The summed E-state index contributed by atoms with van der Waals surface area (Å²) in [4.78, 5) is 22.6. The number of hydrogen-bond donors (Lipinski definition) is 3. The highest BCUT2D eigenvalue weighted by Gasteiger charge is 2.13. The van der Waals surface area contributed by atoms with Crippen LogP contribution in [0.5, 0.6) is 0 Å². The summed E-state index contributed by atoms with van der Waals surface area (Å²) in [5, 5.41) is 14.8. The number of carbonyl (C=O) groups is 2. The third-order valence-electron chi connectivity index (χ3n) is 3.11. The molecule has 1 amide bonds. The van der Waals surface area contributed by atoms with Crippen LogP contribution in [0.25, 0.3) is 0 Å². The van der Waals surface area contributed by atoms with Gasteiger partial charge in [-0.05, 0) is 36.8 Å². The lowest BCUT2D eigenvalue weighted by atomic mass is 10.1. The Kier molecular flexibility index (Phi) is 5.01. The second kappa shape index (κ2) is 6.95. The molecule has 0 aliphatic carbocycles. The molecule has 0 saturated heterocycles. The summed E-state index contributed by atoms with van der Waals surface area (Å²) in [6.07, 6.45) is 0. The fourth-order valence-electron chi connectivity index (χ4n) is 1.93. The number of carboxylic acids is 1. The van der Waals surface area contributed by atoms with Crippen molar-refractivity contribution in [3.63, 3.8) is 0 Å². The van der Waals surface area contributed by atoms with Crippen molar-refractivity contribution in [1.29, 1.82) is 0 Å². The summed E-state index contributed by atoms with van der Waals surface area (Å²) in [5.74, 6) is -1.55. The molecule has 0 aliphatic heterocycles. The molecule has 0 saturated carbocycles. The number of benzene rings is 2. The van der Waals surface area contributed by atoms with Crippen molar-refractivity contribution in [2.24, 2.45) is 0 Å². The molecule has 0 fully saturated rings. The number of halogens is 1. The van der Waals surface area contributed by atoms with Crippen LogP contribution < -0.4 is 10.6 Å².